The van der Waals surface area contributed by atoms with Gasteiger partial charge in [0.2, 0.25) is 0 Å². The molecule has 0 aliphatic carbocycles. The summed E-state index contributed by atoms with van der Waals surface area (Å²) in [5.74, 6) is -4.50. The van der Waals surface area contributed by atoms with Crippen LogP contribution >= 0.6 is 11.6 Å². The first kappa shape index (κ1) is 20.9. The second-order valence-corrected chi connectivity index (χ2v) is 7.74. The maximum atomic E-state index is 14.0. The summed E-state index contributed by atoms with van der Waals surface area (Å²) in [6.07, 6.45) is 1.00. The predicted octanol–water partition coefficient (Wildman–Crippen LogP) is 5.15. The Balaban J connectivity index is 1.90. The summed E-state index contributed by atoms with van der Waals surface area (Å²) < 4.78 is 96.5. The van der Waals surface area contributed by atoms with Gasteiger partial charge in [0, 0.05) is 34.6 Å². The average molecular weight is 453 g/mol. The fraction of sp³-hybridized carbons (Fsp3) is 0.0588. The molecule has 12 heteroatoms. The molecule has 1 heterocycles. The van der Waals surface area contributed by atoms with Gasteiger partial charge >= 0.3 is 6.61 Å². The minimum Gasteiger partial charge on any atom is -0.432 e. The molecule has 0 aliphatic heterocycles. The molecule has 3 rings (SSSR count). The first-order chi connectivity index (χ1) is 13.6. The molecular weight excluding hydrogens is 443 g/mol. The zero-order valence-corrected chi connectivity index (χ0v) is 15.6. The van der Waals surface area contributed by atoms with Crippen molar-refractivity contribution in [2.45, 2.75) is 11.5 Å². The zero-order valence-electron chi connectivity index (χ0n) is 14.0. The van der Waals surface area contributed by atoms with E-state index in [0.29, 0.717) is 6.07 Å². The summed E-state index contributed by atoms with van der Waals surface area (Å²) in [5.41, 5.74) is -0.775. The number of aromatic amines is 1. The predicted molar refractivity (Wildman–Crippen MR) is 95.0 cm³/mol. The van der Waals surface area contributed by atoms with E-state index in [-0.39, 0.29) is 22.3 Å². The second kappa shape index (κ2) is 7.91. The van der Waals surface area contributed by atoms with Crippen molar-refractivity contribution in [2.75, 3.05) is 4.72 Å². The summed E-state index contributed by atoms with van der Waals surface area (Å²) in [6, 6.07) is 5.36. The largest absolute Gasteiger partial charge is 0.432 e. The van der Waals surface area contributed by atoms with Gasteiger partial charge < -0.3 is 9.72 Å². The van der Waals surface area contributed by atoms with Crippen molar-refractivity contribution in [3.63, 3.8) is 0 Å². The highest BCUT2D eigenvalue weighted by Gasteiger charge is 2.22. The Bertz CT molecular complexity index is 1170. The van der Waals surface area contributed by atoms with Crippen molar-refractivity contribution in [1.82, 2.24) is 4.98 Å². The van der Waals surface area contributed by atoms with Gasteiger partial charge in [0.1, 0.15) is 10.7 Å². The molecule has 0 saturated carbocycles. The van der Waals surface area contributed by atoms with Crippen LogP contribution in [0.15, 0.2) is 47.5 Å². The standard InChI is InChI=1S/C17H10ClF5N2O3S/c18-8-1-2-11(19)10(3-8)14-4-9(7-24-14)29(26,27)25-15-5-13(21)16(6-12(15)20)28-17(22)23/h1-7,17,24-25H. The van der Waals surface area contributed by atoms with Gasteiger partial charge in [-0.1, -0.05) is 11.6 Å². The van der Waals surface area contributed by atoms with Gasteiger partial charge in [-0.2, -0.15) is 8.78 Å². The van der Waals surface area contributed by atoms with Crippen LogP contribution in [0.5, 0.6) is 5.75 Å². The van der Waals surface area contributed by atoms with E-state index in [1.54, 1.807) is 4.72 Å². The van der Waals surface area contributed by atoms with Gasteiger partial charge in [0.25, 0.3) is 10.0 Å². The van der Waals surface area contributed by atoms with Crippen LogP contribution in [0.25, 0.3) is 11.3 Å². The molecule has 5 nitrogen and oxygen atoms in total. The van der Waals surface area contributed by atoms with Gasteiger partial charge in [-0.3, -0.25) is 4.72 Å². The maximum Gasteiger partial charge on any atom is 0.387 e. The molecular formula is C17H10ClF5N2O3S. The Labute approximate surface area is 166 Å². The van der Waals surface area contributed by atoms with Gasteiger partial charge in [-0.25, -0.2) is 21.6 Å². The summed E-state index contributed by atoms with van der Waals surface area (Å²) in [4.78, 5) is 2.13. The first-order valence-electron chi connectivity index (χ1n) is 7.67. The normalized spacial score (nSPS) is 11.7. The van der Waals surface area contributed by atoms with Crippen LogP contribution in [0.4, 0.5) is 27.6 Å². The lowest BCUT2D eigenvalue weighted by Crippen LogP contribution is -2.14. The van der Waals surface area contributed by atoms with Crippen LogP contribution in [0.2, 0.25) is 5.02 Å². The van der Waals surface area contributed by atoms with E-state index in [0.717, 1.165) is 18.3 Å². The molecule has 29 heavy (non-hydrogen) atoms. The Morgan fingerprint density at radius 2 is 1.72 bits per heavy atom. The van der Waals surface area contributed by atoms with Gasteiger partial charge in [-0.15, -0.1) is 0 Å². The first-order valence-corrected chi connectivity index (χ1v) is 9.53. The van der Waals surface area contributed by atoms with E-state index in [4.69, 9.17) is 11.6 Å². The third kappa shape index (κ3) is 4.62. The monoisotopic (exact) mass is 452 g/mol. The number of H-pyrrole nitrogens is 1. The Morgan fingerprint density at radius 1 is 1.00 bits per heavy atom. The summed E-state index contributed by atoms with van der Waals surface area (Å²) in [6.45, 7) is -3.39. The molecule has 0 aliphatic rings. The molecule has 2 N–H and O–H groups in total. The lowest BCUT2D eigenvalue weighted by molar-refractivity contribution is -0.0523. The van der Waals surface area contributed by atoms with Crippen LogP contribution in [0.3, 0.4) is 0 Å². The van der Waals surface area contributed by atoms with Gasteiger partial charge in [0.05, 0.1) is 5.69 Å². The molecule has 0 fully saturated rings. The number of anilines is 1. The van der Waals surface area contributed by atoms with Crippen molar-refractivity contribution >= 4 is 27.3 Å². The van der Waals surface area contributed by atoms with Crippen LogP contribution in [-0.4, -0.2) is 20.0 Å². The number of rotatable bonds is 6. The molecule has 0 unspecified atom stereocenters. The van der Waals surface area contributed by atoms with E-state index < -0.39 is 50.4 Å². The smallest absolute Gasteiger partial charge is 0.387 e. The van der Waals surface area contributed by atoms with Crippen molar-refractivity contribution in [1.29, 1.82) is 0 Å². The topological polar surface area (TPSA) is 71.2 Å². The van der Waals surface area contributed by atoms with Crippen molar-refractivity contribution < 1.29 is 35.1 Å². The number of alkyl halides is 2. The van der Waals surface area contributed by atoms with Crippen molar-refractivity contribution in [3.8, 4) is 17.0 Å². The highest BCUT2D eigenvalue weighted by Crippen LogP contribution is 2.30. The molecule has 1 aromatic heterocycles. The van der Waals surface area contributed by atoms with E-state index in [9.17, 15) is 30.4 Å². The molecule has 0 bridgehead atoms. The minimum absolute atomic E-state index is 0.00956. The Morgan fingerprint density at radius 3 is 2.41 bits per heavy atom. The molecule has 154 valence electrons. The third-order valence-corrected chi connectivity index (χ3v) is 5.25. The molecule has 3 aromatic rings. The zero-order chi connectivity index (χ0) is 21.3. The number of aromatic nitrogens is 1. The second-order valence-electron chi connectivity index (χ2n) is 5.62. The van der Waals surface area contributed by atoms with Crippen LogP contribution in [0, 0.1) is 17.5 Å². The third-order valence-electron chi connectivity index (χ3n) is 3.67. The number of halogens is 6. The van der Waals surface area contributed by atoms with Gasteiger partial charge in [-0.05, 0) is 24.3 Å². The van der Waals surface area contributed by atoms with Crippen molar-refractivity contribution in [3.05, 3.63) is 65.1 Å². The van der Waals surface area contributed by atoms with E-state index in [1.165, 1.54) is 12.1 Å². The van der Waals surface area contributed by atoms with E-state index in [1.807, 2.05) is 0 Å². The fourth-order valence-corrected chi connectivity index (χ4v) is 3.61. The average Bonchev–Trinajstić information content (AvgIpc) is 3.11. The number of nitrogens with one attached hydrogen (secondary N) is 2. The molecule has 0 radical (unpaired) electrons. The lowest BCUT2D eigenvalue weighted by Gasteiger charge is -2.11. The highest BCUT2D eigenvalue weighted by molar-refractivity contribution is 7.92. The van der Waals surface area contributed by atoms with Crippen LogP contribution < -0.4 is 9.46 Å². The SMILES string of the molecule is O=S(=O)(Nc1cc(F)c(OC(F)F)cc1F)c1c[nH]c(-c2cc(Cl)ccc2F)c1. The van der Waals surface area contributed by atoms with Crippen molar-refractivity contribution in [2.24, 2.45) is 0 Å². The number of hydrogen-bond donors (Lipinski definition) is 2. The number of sulfonamides is 1. The van der Waals surface area contributed by atoms with Gasteiger partial charge in [0.15, 0.2) is 17.4 Å². The molecule has 0 saturated heterocycles. The quantitative estimate of drug-likeness (QED) is 0.508. The molecule has 0 spiro atoms. The Kier molecular flexibility index (Phi) is 5.71. The summed E-state index contributed by atoms with van der Waals surface area (Å²) in [5, 5.41) is 0.210. The maximum absolute atomic E-state index is 14.0. The van der Waals surface area contributed by atoms with E-state index >= 15 is 0 Å². The number of hydrogen-bond acceptors (Lipinski definition) is 3. The summed E-state index contributed by atoms with van der Waals surface area (Å²) in [7, 11) is -4.43. The highest BCUT2D eigenvalue weighted by atomic mass is 35.5. The lowest BCUT2D eigenvalue weighted by atomic mass is 10.1. The van der Waals surface area contributed by atoms with E-state index in [2.05, 4.69) is 9.72 Å². The molecule has 0 amide bonds. The fourth-order valence-electron chi connectivity index (χ4n) is 2.39. The van der Waals surface area contributed by atoms with Crippen LogP contribution in [-0.2, 0) is 10.0 Å². The minimum atomic E-state index is -4.43. The summed E-state index contributed by atoms with van der Waals surface area (Å²) >= 11 is 5.80. The van der Waals surface area contributed by atoms with Crippen LogP contribution in [0.1, 0.15) is 0 Å². The Hall–Kier alpha value is -2.79. The molecule has 2 aromatic carbocycles. The molecule has 0 atom stereocenters. The number of benzene rings is 2. The number of ether oxygens (including phenoxy) is 1.